The summed E-state index contributed by atoms with van der Waals surface area (Å²) in [5.74, 6) is 0.823. The molecule has 0 spiro atoms. The van der Waals surface area contributed by atoms with Gasteiger partial charge in [0.1, 0.15) is 17.5 Å². The topological polar surface area (TPSA) is 83.1 Å². The molecule has 31 heavy (non-hydrogen) atoms. The van der Waals surface area contributed by atoms with E-state index in [4.69, 9.17) is 9.47 Å². The average molecular weight is 435 g/mol. The molecule has 1 aliphatic rings. The Morgan fingerprint density at radius 1 is 1.00 bits per heavy atom. The van der Waals surface area contributed by atoms with E-state index in [1.54, 1.807) is 18.2 Å². The smallest absolute Gasteiger partial charge is 0.252 e. The number of piperazine rings is 1. The van der Waals surface area contributed by atoms with Gasteiger partial charge in [0.15, 0.2) is 0 Å². The first-order valence-corrected chi connectivity index (χ1v) is 11.0. The van der Waals surface area contributed by atoms with Gasteiger partial charge < -0.3 is 29.9 Å². The molecule has 0 radical (unpaired) electrons. The molecular weight excluding hydrogens is 396 g/mol. The number of carbonyl (C=O) groups is 2. The molecule has 2 rings (SSSR count). The van der Waals surface area contributed by atoms with Gasteiger partial charge in [0.25, 0.3) is 5.91 Å². The van der Waals surface area contributed by atoms with Gasteiger partial charge in [-0.15, -0.1) is 0 Å². The Labute approximate surface area is 186 Å². The summed E-state index contributed by atoms with van der Waals surface area (Å²) in [5, 5.41) is 5.89. The number of nitrogens with one attached hydrogen (secondary N) is 2. The Balaban J connectivity index is 1.92. The maximum Gasteiger partial charge on any atom is 0.252 e. The number of carbonyl (C=O) groups excluding carboxylic acids is 2. The Kier molecular flexibility index (Phi) is 9.58. The first kappa shape index (κ1) is 24.9. The lowest BCUT2D eigenvalue weighted by atomic mass is 10.0. The van der Waals surface area contributed by atoms with Gasteiger partial charge in [-0.25, -0.2) is 0 Å². The third-order valence-electron chi connectivity index (χ3n) is 5.64. The van der Waals surface area contributed by atoms with Crippen LogP contribution >= 0.6 is 0 Å². The number of ether oxygens (including phenoxy) is 2. The number of methoxy groups -OCH3 is 2. The van der Waals surface area contributed by atoms with Gasteiger partial charge >= 0.3 is 0 Å². The van der Waals surface area contributed by atoms with Crippen molar-refractivity contribution in [1.82, 2.24) is 20.4 Å². The highest BCUT2D eigenvalue weighted by Gasteiger charge is 2.26. The SMILES string of the molecule is COc1cc(OC)cc(C(=O)N[C@H](C(=O)NC[C@@H](C)CN2CCN(C)CC2)C(C)C)c1. The Morgan fingerprint density at radius 2 is 1.58 bits per heavy atom. The maximum absolute atomic E-state index is 12.8. The van der Waals surface area contributed by atoms with E-state index in [-0.39, 0.29) is 17.7 Å². The summed E-state index contributed by atoms with van der Waals surface area (Å²) in [6.45, 7) is 11.8. The van der Waals surface area contributed by atoms with Crippen molar-refractivity contribution in [2.24, 2.45) is 11.8 Å². The number of hydrogen-bond donors (Lipinski definition) is 2. The van der Waals surface area contributed by atoms with Crippen molar-refractivity contribution >= 4 is 11.8 Å². The number of amides is 2. The van der Waals surface area contributed by atoms with E-state index in [9.17, 15) is 9.59 Å². The standard InChI is InChI=1S/C23H38N4O4/c1-16(2)21(25-22(28)18-11-19(30-5)13-20(12-18)31-6)23(29)24-14-17(3)15-27-9-7-26(4)8-10-27/h11-13,16-17,21H,7-10,14-15H2,1-6H3,(H,24,29)(H,25,28)/t17-,21+/m1/s1. The van der Waals surface area contributed by atoms with Crippen LogP contribution in [0.4, 0.5) is 0 Å². The highest BCUT2D eigenvalue weighted by Crippen LogP contribution is 2.22. The molecule has 2 N–H and O–H groups in total. The summed E-state index contributed by atoms with van der Waals surface area (Å²) < 4.78 is 10.5. The normalized spacial score (nSPS) is 17.1. The molecule has 1 saturated heterocycles. The summed E-state index contributed by atoms with van der Waals surface area (Å²) in [5.41, 5.74) is 0.387. The minimum absolute atomic E-state index is 0.0515. The molecule has 0 unspecified atom stereocenters. The summed E-state index contributed by atoms with van der Waals surface area (Å²) in [4.78, 5) is 30.4. The average Bonchev–Trinajstić information content (AvgIpc) is 2.76. The summed E-state index contributed by atoms with van der Waals surface area (Å²) in [6, 6.07) is 4.34. The zero-order valence-corrected chi connectivity index (χ0v) is 19.7. The predicted octanol–water partition coefficient (Wildman–Crippen LogP) is 1.46. The zero-order chi connectivity index (χ0) is 23.0. The van der Waals surface area contributed by atoms with E-state index in [2.05, 4.69) is 34.4 Å². The second kappa shape index (κ2) is 11.9. The van der Waals surface area contributed by atoms with E-state index in [1.165, 1.54) is 14.2 Å². The molecule has 8 nitrogen and oxygen atoms in total. The highest BCUT2D eigenvalue weighted by atomic mass is 16.5. The molecule has 0 aliphatic carbocycles. The van der Waals surface area contributed by atoms with E-state index in [0.29, 0.717) is 29.5 Å². The van der Waals surface area contributed by atoms with Crippen molar-refractivity contribution in [2.75, 3.05) is 60.5 Å². The highest BCUT2D eigenvalue weighted by molar-refractivity contribution is 5.98. The largest absolute Gasteiger partial charge is 0.497 e. The van der Waals surface area contributed by atoms with Gasteiger partial charge in [-0.05, 0) is 31.0 Å². The first-order valence-electron chi connectivity index (χ1n) is 11.0. The molecule has 1 aromatic carbocycles. The fourth-order valence-electron chi connectivity index (χ4n) is 3.62. The van der Waals surface area contributed by atoms with Gasteiger partial charge in [-0.1, -0.05) is 20.8 Å². The van der Waals surface area contributed by atoms with Crippen molar-refractivity contribution in [3.05, 3.63) is 23.8 Å². The maximum atomic E-state index is 12.8. The van der Waals surface area contributed by atoms with Gasteiger partial charge in [-0.2, -0.15) is 0 Å². The lowest BCUT2D eigenvalue weighted by Gasteiger charge is -2.34. The van der Waals surface area contributed by atoms with E-state index in [0.717, 1.165) is 32.7 Å². The molecule has 8 heteroatoms. The number of hydrogen-bond acceptors (Lipinski definition) is 6. The van der Waals surface area contributed by atoms with Crippen molar-refractivity contribution in [3.8, 4) is 11.5 Å². The van der Waals surface area contributed by atoms with Crippen LogP contribution in [0, 0.1) is 11.8 Å². The molecule has 1 heterocycles. The van der Waals surface area contributed by atoms with Crippen molar-refractivity contribution in [2.45, 2.75) is 26.8 Å². The molecule has 1 aliphatic heterocycles. The number of benzene rings is 1. The molecule has 174 valence electrons. The van der Waals surface area contributed by atoms with Gasteiger partial charge in [-0.3, -0.25) is 9.59 Å². The van der Waals surface area contributed by atoms with Gasteiger partial charge in [0, 0.05) is 50.9 Å². The molecular formula is C23H38N4O4. The van der Waals surface area contributed by atoms with Crippen molar-refractivity contribution < 1.29 is 19.1 Å². The molecule has 0 saturated carbocycles. The Bertz CT molecular complexity index is 710. The van der Waals surface area contributed by atoms with E-state index in [1.807, 2.05) is 13.8 Å². The van der Waals surface area contributed by atoms with E-state index < -0.39 is 6.04 Å². The first-order chi connectivity index (χ1) is 14.7. The fourth-order valence-corrected chi connectivity index (χ4v) is 3.62. The summed E-state index contributed by atoms with van der Waals surface area (Å²) >= 11 is 0. The summed E-state index contributed by atoms with van der Waals surface area (Å²) in [7, 11) is 5.21. The molecule has 1 aromatic rings. The van der Waals surface area contributed by atoms with Gasteiger partial charge in [0.05, 0.1) is 14.2 Å². The van der Waals surface area contributed by atoms with Crippen LogP contribution < -0.4 is 20.1 Å². The number of likely N-dealkylation sites (N-methyl/N-ethyl adjacent to an activating group) is 1. The van der Waals surface area contributed by atoms with Crippen LogP contribution in [0.2, 0.25) is 0 Å². The van der Waals surface area contributed by atoms with Crippen LogP contribution in [0.1, 0.15) is 31.1 Å². The van der Waals surface area contributed by atoms with Crippen LogP contribution in [-0.2, 0) is 4.79 Å². The van der Waals surface area contributed by atoms with Crippen molar-refractivity contribution in [1.29, 1.82) is 0 Å². The minimum atomic E-state index is -0.625. The van der Waals surface area contributed by atoms with E-state index >= 15 is 0 Å². The third-order valence-corrected chi connectivity index (χ3v) is 5.64. The van der Waals surface area contributed by atoms with Crippen LogP contribution in [0.3, 0.4) is 0 Å². The lowest BCUT2D eigenvalue weighted by Crippen LogP contribution is -2.51. The molecule has 1 fully saturated rings. The predicted molar refractivity (Wildman–Crippen MR) is 122 cm³/mol. The molecule has 2 amide bonds. The lowest BCUT2D eigenvalue weighted by molar-refractivity contribution is -0.124. The second-order valence-corrected chi connectivity index (χ2v) is 8.75. The minimum Gasteiger partial charge on any atom is -0.497 e. The molecule has 0 aromatic heterocycles. The van der Waals surface area contributed by atoms with Gasteiger partial charge in [0.2, 0.25) is 5.91 Å². The van der Waals surface area contributed by atoms with Crippen LogP contribution in [0.25, 0.3) is 0 Å². The van der Waals surface area contributed by atoms with Crippen molar-refractivity contribution in [3.63, 3.8) is 0 Å². The van der Waals surface area contributed by atoms with Crippen LogP contribution in [0.5, 0.6) is 11.5 Å². The quantitative estimate of drug-likeness (QED) is 0.580. The number of nitrogens with zero attached hydrogens (tertiary/aromatic N) is 2. The molecule has 0 bridgehead atoms. The fraction of sp³-hybridized carbons (Fsp3) is 0.652. The second-order valence-electron chi connectivity index (χ2n) is 8.75. The van der Waals surface area contributed by atoms with Crippen LogP contribution in [-0.4, -0.2) is 88.2 Å². The Morgan fingerprint density at radius 3 is 2.10 bits per heavy atom. The van der Waals surface area contributed by atoms with Crippen LogP contribution in [0.15, 0.2) is 18.2 Å². The summed E-state index contributed by atoms with van der Waals surface area (Å²) in [6.07, 6.45) is 0. The monoisotopic (exact) mass is 434 g/mol. The molecule has 2 atom stereocenters. The third kappa shape index (κ3) is 7.70. The zero-order valence-electron chi connectivity index (χ0n) is 19.7. The number of rotatable bonds is 10. The Hall–Kier alpha value is -2.32.